The topological polar surface area (TPSA) is 51.3 Å². The van der Waals surface area contributed by atoms with Crippen molar-refractivity contribution in [2.75, 3.05) is 13.1 Å². The normalized spacial score (nSPS) is 29.0. The molecular formula is C16H25N3O. The molecule has 1 aromatic rings. The van der Waals surface area contributed by atoms with Crippen molar-refractivity contribution >= 4 is 5.91 Å². The van der Waals surface area contributed by atoms with Crippen LogP contribution in [0.3, 0.4) is 0 Å². The molecule has 2 fully saturated rings. The van der Waals surface area contributed by atoms with Gasteiger partial charge >= 0.3 is 0 Å². The molecule has 2 heterocycles. The maximum atomic E-state index is 12.8. The molecule has 110 valence electrons. The van der Waals surface area contributed by atoms with Crippen molar-refractivity contribution < 1.29 is 4.79 Å². The number of nitrogens with zero attached hydrogens (tertiary/aromatic N) is 2. The fourth-order valence-electron chi connectivity index (χ4n) is 4.15. The molecule has 4 heteroatoms. The predicted octanol–water partition coefficient (Wildman–Crippen LogP) is 1.93. The highest BCUT2D eigenvalue weighted by atomic mass is 16.2. The molecule has 1 aromatic heterocycles. The number of amides is 1. The summed E-state index contributed by atoms with van der Waals surface area (Å²) in [7, 11) is 0. The van der Waals surface area contributed by atoms with E-state index < -0.39 is 0 Å². The van der Waals surface area contributed by atoms with E-state index in [9.17, 15) is 4.79 Å². The van der Waals surface area contributed by atoms with E-state index in [2.05, 4.69) is 18.4 Å². The van der Waals surface area contributed by atoms with Crippen molar-refractivity contribution in [3.8, 4) is 0 Å². The Bertz CT molecular complexity index is 534. The Morgan fingerprint density at radius 1 is 1.35 bits per heavy atom. The van der Waals surface area contributed by atoms with Crippen molar-refractivity contribution in [3.63, 3.8) is 0 Å². The van der Waals surface area contributed by atoms with E-state index in [1.54, 1.807) is 0 Å². The summed E-state index contributed by atoms with van der Waals surface area (Å²) in [5, 5.41) is 0. The van der Waals surface area contributed by atoms with Gasteiger partial charge in [0.05, 0.1) is 5.56 Å². The molecule has 2 aliphatic rings. The van der Waals surface area contributed by atoms with E-state index in [-0.39, 0.29) is 5.91 Å². The highest BCUT2D eigenvalue weighted by Crippen LogP contribution is 2.37. The lowest BCUT2D eigenvalue weighted by Gasteiger charge is -2.19. The highest BCUT2D eigenvalue weighted by molar-refractivity contribution is 5.96. The third kappa shape index (κ3) is 1.97. The van der Waals surface area contributed by atoms with Gasteiger partial charge < -0.3 is 15.2 Å². The van der Waals surface area contributed by atoms with Gasteiger partial charge in [-0.3, -0.25) is 4.79 Å². The Kier molecular flexibility index (Phi) is 3.36. The van der Waals surface area contributed by atoms with E-state index in [1.807, 2.05) is 17.9 Å². The average molecular weight is 275 g/mol. The van der Waals surface area contributed by atoms with Crippen molar-refractivity contribution in [2.45, 2.75) is 46.2 Å². The minimum atomic E-state index is 0.194. The summed E-state index contributed by atoms with van der Waals surface area (Å²) >= 11 is 0. The second-order valence-electron chi connectivity index (χ2n) is 6.40. The van der Waals surface area contributed by atoms with E-state index in [1.165, 1.54) is 12.1 Å². The smallest absolute Gasteiger partial charge is 0.255 e. The largest absolute Gasteiger partial charge is 0.349 e. The average Bonchev–Trinajstić information content (AvgIpc) is 3.05. The highest BCUT2D eigenvalue weighted by Gasteiger charge is 2.42. The van der Waals surface area contributed by atoms with Crippen LogP contribution in [-0.4, -0.2) is 34.5 Å². The standard InChI is InChI=1S/C16H25N3O/c1-4-19-10(2)7-13(11(19)3)16(20)18-8-12-5-6-15(17)14(12)9-18/h7,12,14-15H,4-6,8-9,17H2,1-3H3. The van der Waals surface area contributed by atoms with Crippen LogP contribution < -0.4 is 5.73 Å². The molecule has 0 radical (unpaired) electrons. The van der Waals surface area contributed by atoms with Crippen molar-refractivity contribution in [3.05, 3.63) is 23.0 Å². The maximum Gasteiger partial charge on any atom is 0.255 e. The third-order valence-electron chi connectivity index (χ3n) is 5.32. The molecule has 20 heavy (non-hydrogen) atoms. The summed E-state index contributed by atoms with van der Waals surface area (Å²) < 4.78 is 2.20. The second kappa shape index (κ2) is 4.92. The maximum absolute atomic E-state index is 12.8. The molecule has 3 unspecified atom stereocenters. The van der Waals surface area contributed by atoms with Gasteiger partial charge in [0.1, 0.15) is 0 Å². The lowest BCUT2D eigenvalue weighted by Crippen LogP contribution is -2.33. The van der Waals surface area contributed by atoms with Crippen LogP contribution in [0.5, 0.6) is 0 Å². The number of aryl methyl sites for hydroxylation is 1. The molecule has 3 rings (SSSR count). The Hall–Kier alpha value is -1.29. The Morgan fingerprint density at radius 3 is 2.70 bits per heavy atom. The van der Waals surface area contributed by atoms with Gasteiger partial charge in [0.2, 0.25) is 0 Å². The van der Waals surface area contributed by atoms with E-state index >= 15 is 0 Å². The summed E-state index contributed by atoms with van der Waals surface area (Å²) in [5.41, 5.74) is 9.30. The summed E-state index contributed by atoms with van der Waals surface area (Å²) in [4.78, 5) is 14.8. The number of hydrogen-bond donors (Lipinski definition) is 1. The van der Waals surface area contributed by atoms with Gasteiger partial charge in [0, 0.05) is 37.1 Å². The van der Waals surface area contributed by atoms with Crippen LogP contribution in [-0.2, 0) is 6.54 Å². The predicted molar refractivity (Wildman–Crippen MR) is 79.7 cm³/mol. The molecule has 0 aromatic carbocycles. The van der Waals surface area contributed by atoms with Crippen LogP contribution in [0.1, 0.15) is 41.5 Å². The van der Waals surface area contributed by atoms with E-state index in [0.717, 1.165) is 37.3 Å². The Balaban J connectivity index is 1.81. The lowest BCUT2D eigenvalue weighted by atomic mass is 9.98. The molecule has 1 saturated heterocycles. The van der Waals surface area contributed by atoms with Gasteiger partial charge in [-0.15, -0.1) is 0 Å². The van der Waals surface area contributed by atoms with Gasteiger partial charge in [-0.1, -0.05) is 0 Å². The molecule has 3 atom stereocenters. The van der Waals surface area contributed by atoms with Gasteiger partial charge in [-0.2, -0.15) is 0 Å². The molecule has 2 N–H and O–H groups in total. The summed E-state index contributed by atoms with van der Waals surface area (Å²) in [6, 6.07) is 2.33. The molecule has 0 bridgehead atoms. The zero-order valence-electron chi connectivity index (χ0n) is 12.7. The third-order valence-corrected chi connectivity index (χ3v) is 5.32. The fourth-order valence-corrected chi connectivity index (χ4v) is 4.15. The fraction of sp³-hybridized carbons (Fsp3) is 0.688. The minimum Gasteiger partial charge on any atom is -0.349 e. The summed E-state index contributed by atoms with van der Waals surface area (Å²) in [6.45, 7) is 8.90. The number of rotatable bonds is 2. The molecule has 1 aliphatic heterocycles. The van der Waals surface area contributed by atoms with Gasteiger partial charge in [0.25, 0.3) is 5.91 Å². The SMILES string of the molecule is CCn1c(C)cc(C(=O)N2CC3CCC(N)C3C2)c1C. The molecule has 1 saturated carbocycles. The zero-order chi connectivity index (χ0) is 14.4. The quantitative estimate of drug-likeness (QED) is 0.896. The number of nitrogens with two attached hydrogens (primary N) is 1. The molecular weight excluding hydrogens is 250 g/mol. The van der Waals surface area contributed by atoms with Crippen LogP contribution in [0, 0.1) is 25.7 Å². The van der Waals surface area contributed by atoms with Crippen LogP contribution in [0.25, 0.3) is 0 Å². The molecule has 1 amide bonds. The number of carbonyl (C=O) groups excluding carboxylic acids is 1. The first-order chi connectivity index (χ1) is 9.52. The van der Waals surface area contributed by atoms with Crippen LogP contribution in [0.15, 0.2) is 6.07 Å². The Morgan fingerprint density at radius 2 is 2.10 bits per heavy atom. The molecule has 0 spiro atoms. The van der Waals surface area contributed by atoms with Crippen LogP contribution in [0.4, 0.5) is 0 Å². The zero-order valence-corrected chi connectivity index (χ0v) is 12.7. The first-order valence-electron chi connectivity index (χ1n) is 7.74. The molecule has 1 aliphatic carbocycles. The van der Waals surface area contributed by atoms with Gasteiger partial charge in [-0.05, 0) is 51.5 Å². The van der Waals surface area contributed by atoms with E-state index in [4.69, 9.17) is 5.73 Å². The van der Waals surface area contributed by atoms with E-state index in [0.29, 0.717) is 17.9 Å². The number of fused-ring (bicyclic) bond motifs is 1. The van der Waals surface area contributed by atoms with Gasteiger partial charge in [0.15, 0.2) is 0 Å². The lowest BCUT2D eigenvalue weighted by molar-refractivity contribution is 0.0778. The van der Waals surface area contributed by atoms with Crippen LogP contribution >= 0.6 is 0 Å². The number of carbonyl (C=O) groups is 1. The molecule has 4 nitrogen and oxygen atoms in total. The van der Waals surface area contributed by atoms with Crippen molar-refractivity contribution in [1.29, 1.82) is 0 Å². The summed E-state index contributed by atoms with van der Waals surface area (Å²) in [6.07, 6.45) is 2.31. The first-order valence-corrected chi connectivity index (χ1v) is 7.74. The van der Waals surface area contributed by atoms with Crippen molar-refractivity contribution in [1.82, 2.24) is 9.47 Å². The van der Waals surface area contributed by atoms with Crippen LogP contribution in [0.2, 0.25) is 0 Å². The number of aromatic nitrogens is 1. The summed E-state index contributed by atoms with van der Waals surface area (Å²) in [5.74, 6) is 1.34. The number of hydrogen-bond acceptors (Lipinski definition) is 2. The minimum absolute atomic E-state index is 0.194. The first kappa shape index (κ1) is 13.7. The second-order valence-corrected chi connectivity index (χ2v) is 6.40. The monoisotopic (exact) mass is 275 g/mol. The van der Waals surface area contributed by atoms with Crippen molar-refractivity contribution in [2.24, 2.45) is 17.6 Å². The Labute approximate surface area is 120 Å². The number of likely N-dealkylation sites (tertiary alicyclic amines) is 1. The van der Waals surface area contributed by atoms with Gasteiger partial charge in [-0.25, -0.2) is 0 Å².